The fourth-order valence-electron chi connectivity index (χ4n) is 3.02. The molecule has 0 saturated carbocycles. The van der Waals surface area contributed by atoms with Crippen molar-refractivity contribution in [3.05, 3.63) is 84.5 Å². The van der Waals surface area contributed by atoms with Gasteiger partial charge in [0.15, 0.2) is 12.2 Å². The van der Waals surface area contributed by atoms with Crippen molar-refractivity contribution in [2.24, 2.45) is 0 Å². The largest absolute Gasteiger partial charge is 0.415 e. The molecule has 0 amide bonds. The highest BCUT2D eigenvalue weighted by molar-refractivity contribution is 5.67. The number of hydrogen-bond acceptors (Lipinski definition) is 4. The average Bonchev–Trinajstić information content (AvgIpc) is 2.70. The van der Waals surface area contributed by atoms with Crippen LogP contribution in [0.4, 0.5) is 0 Å². The Morgan fingerprint density at radius 2 is 1.42 bits per heavy atom. The zero-order valence-electron chi connectivity index (χ0n) is 14.7. The van der Waals surface area contributed by atoms with Crippen LogP contribution in [0.2, 0.25) is 0 Å². The second-order valence-electron chi connectivity index (χ2n) is 5.58. The fraction of sp³-hybridized carbons (Fsp3) is 0.182. The Kier molecular flexibility index (Phi) is 6.60. The minimum Gasteiger partial charge on any atom is -0.415 e. The minimum absolute atomic E-state index is 0.579. The quantitative estimate of drug-likeness (QED) is 0.477. The molecule has 2 aromatic rings. The third kappa shape index (κ3) is 3.94. The van der Waals surface area contributed by atoms with Crippen LogP contribution >= 0.6 is 0 Å². The molecule has 0 saturated heterocycles. The molecule has 2 aromatic carbocycles. The van der Waals surface area contributed by atoms with Crippen LogP contribution in [0.1, 0.15) is 35.8 Å². The Morgan fingerprint density at radius 3 is 1.81 bits per heavy atom. The molecule has 4 nitrogen and oxygen atoms in total. The van der Waals surface area contributed by atoms with E-state index in [2.05, 4.69) is 13.2 Å². The molecule has 26 heavy (non-hydrogen) atoms. The number of rotatable bonds is 8. The van der Waals surface area contributed by atoms with E-state index in [1.54, 1.807) is 24.7 Å². The molecule has 0 aliphatic heterocycles. The van der Waals surface area contributed by atoms with Gasteiger partial charge in [-0.15, -0.1) is 0 Å². The van der Waals surface area contributed by atoms with Gasteiger partial charge in [-0.2, -0.15) is 10.5 Å². The third-order valence-corrected chi connectivity index (χ3v) is 4.18. The van der Waals surface area contributed by atoms with E-state index >= 15 is 0 Å². The van der Waals surface area contributed by atoms with Crippen molar-refractivity contribution in [2.75, 3.05) is 0 Å². The van der Waals surface area contributed by atoms with Gasteiger partial charge in [0, 0.05) is 11.1 Å². The maximum atomic E-state index is 8.98. The summed E-state index contributed by atoms with van der Waals surface area (Å²) in [7, 11) is 0. The molecular formula is C22H20N2O2. The van der Waals surface area contributed by atoms with Gasteiger partial charge in [0.1, 0.15) is 0 Å². The number of benzene rings is 2. The van der Waals surface area contributed by atoms with E-state index in [4.69, 9.17) is 20.0 Å². The summed E-state index contributed by atoms with van der Waals surface area (Å²) in [6, 6.07) is 13.8. The molecule has 0 N–H and O–H groups in total. The predicted molar refractivity (Wildman–Crippen MR) is 101 cm³/mol. The Labute approximate surface area is 154 Å². The molecular weight excluding hydrogens is 324 g/mol. The normalized spacial score (nSPS) is 12.1. The van der Waals surface area contributed by atoms with Crippen molar-refractivity contribution >= 4 is 0 Å². The lowest BCUT2D eigenvalue weighted by atomic mass is 9.88. The molecule has 2 atom stereocenters. The fourth-order valence-corrected chi connectivity index (χ4v) is 3.02. The summed E-state index contributed by atoms with van der Waals surface area (Å²) in [5, 5.41) is 18.0. The van der Waals surface area contributed by atoms with Crippen molar-refractivity contribution in [1.29, 1.82) is 10.5 Å². The molecule has 0 fully saturated rings. The molecule has 2 unspecified atom stereocenters. The molecule has 4 heteroatoms. The van der Waals surface area contributed by atoms with E-state index in [-0.39, 0.29) is 0 Å². The highest BCUT2D eigenvalue weighted by Crippen LogP contribution is 2.35. The molecule has 0 aliphatic carbocycles. The van der Waals surface area contributed by atoms with Gasteiger partial charge < -0.3 is 9.47 Å². The molecule has 0 spiro atoms. The summed E-state index contributed by atoms with van der Waals surface area (Å²) in [6.45, 7) is 9.57. The first-order valence-corrected chi connectivity index (χ1v) is 8.26. The summed E-state index contributed by atoms with van der Waals surface area (Å²) in [5.74, 6) is 0. The third-order valence-electron chi connectivity index (χ3n) is 4.18. The highest BCUT2D eigenvalue weighted by atomic mass is 16.5. The van der Waals surface area contributed by atoms with Gasteiger partial charge in [0.2, 0.25) is 0 Å². The lowest BCUT2D eigenvalue weighted by Crippen LogP contribution is -2.09. The Balaban J connectivity index is 2.76. The first kappa shape index (κ1) is 18.8. The van der Waals surface area contributed by atoms with Gasteiger partial charge >= 0.3 is 0 Å². The molecule has 0 bridgehead atoms. The average molecular weight is 344 g/mol. The van der Waals surface area contributed by atoms with Gasteiger partial charge in [-0.3, -0.25) is 0 Å². The van der Waals surface area contributed by atoms with Crippen LogP contribution in [0.3, 0.4) is 0 Å². The van der Waals surface area contributed by atoms with Crippen LogP contribution in [-0.2, 0) is 15.9 Å². The predicted octanol–water partition coefficient (Wildman–Crippen LogP) is 5.37. The molecule has 0 radical (unpaired) electrons. The molecule has 0 aliphatic rings. The standard InChI is InChI=1S/C22H20N2O2/c1-4-18-19(21(5-2)25-14-23)12-17(16-10-8-7-9-11-16)13-20(18)22(6-3)26-15-24/h5-13,21-22H,2-4H2,1H3. The second kappa shape index (κ2) is 9.11. The summed E-state index contributed by atoms with van der Waals surface area (Å²) in [5.41, 5.74) is 4.55. The van der Waals surface area contributed by atoms with Crippen LogP contribution in [0.15, 0.2) is 67.8 Å². The monoisotopic (exact) mass is 344 g/mol. The molecule has 2 rings (SSSR count). The van der Waals surface area contributed by atoms with Crippen molar-refractivity contribution in [3.8, 4) is 23.6 Å². The molecule has 0 aromatic heterocycles. The minimum atomic E-state index is -0.579. The van der Waals surface area contributed by atoms with E-state index in [0.29, 0.717) is 6.42 Å². The smallest absolute Gasteiger partial charge is 0.287 e. The van der Waals surface area contributed by atoms with Crippen LogP contribution in [-0.4, -0.2) is 0 Å². The van der Waals surface area contributed by atoms with Gasteiger partial charge in [-0.1, -0.05) is 50.4 Å². The van der Waals surface area contributed by atoms with Crippen molar-refractivity contribution in [1.82, 2.24) is 0 Å². The SMILES string of the molecule is C=CC(OC#N)c1cc(-c2ccccc2)cc(C(C=C)OC#N)c1CC. The highest BCUT2D eigenvalue weighted by Gasteiger charge is 2.22. The van der Waals surface area contributed by atoms with E-state index < -0.39 is 12.2 Å². The van der Waals surface area contributed by atoms with Gasteiger partial charge in [-0.05, 0) is 47.4 Å². The zero-order chi connectivity index (χ0) is 18.9. The summed E-state index contributed by atoms with van der Waals surface area (Å²) >= 11 is 0. The van der Waals surface area contributed by atoms with Crippen molar-refractivity contribution < 1.29 is 9.47 Å². The first-order chi connectivity index (χ1) is 12.7. The molecule has 130 valence electrons. The zero-order valence-corrected chi connectivity index (χ0v) is 14.7. The van der Waals surface area contributed by atoms with Gasteiger partial charge in [0.25, 0.3) is 12.5 Å². The van der Waals surface area contributed by atoms with E-state index in [1.807, 2.05) is 49.4 Å². The Morgan fingerprint density at radius 1 is 0.923 bits per heavy atom. The van der Waals surface area contributed by atoms with Crippen LogP contribution in [0.5, 0.6) is 0 Å². The van der Waals surface area contributed by atoms with Crippen LogP contribution < -0.4 is 0 Å². The van der Waals surface area contributed by atoms with E-state index in [9.17, 15) is 0 Å². The summed E-state index contributed by atoms with van der Waals surface area (Å²) in [6.07, 6.45) is 6.18. The number of ether oxygens (including phenoxy) is 2. The lowest BCUT2D eigenvalue weighted by molar-refractivity contribution is 0.202. The molecule has 0 heterocycles. The topological polar surface area (TPSA) is 66.0 Å². The number of nitrogens with zero attached hydrogens (tertiary/aromatic N) is 2. The van der Waals surface area contributed by atoms with Crippen LogP contribution in [0, 0.1) is 23.0 Å². The van der Waals surface area contributed by atoms with E-state index in [1.165, 1.54) is 0 Å². The van der Waals surface area contributed by atoms with Gasteiger partial charge in [-0.25, -0.2) is 0 Å². The maximum absolute atomic E-state index is 8.98. The number of nitriles is 2. The summed E-state index contributed by atoms with van der Waals surface area (Å²) < 4.78 is 10.4. The maximum Gasteiger partial charge on any atom is 0.287 e. The first-order valence-electron chi connectivity index (χ1n) is 8.26. The van der Waals surface area contributed by atoms with Gasteiger partial charge in [0.05, 0.1) is 0 Å². The summed E-state index contributed by atoms with van der Waals surface area (Å²) in [4.78, 5) is 0. The Hall–Kier alpha value is -3.50. The van der Waals surface area contributed by atoms with Crippen molar-refractivity contribution in [3.63, 3.8) is 0 Å². The second-order valence-corrected chi connectivity index (χ2v) is 5.58. The Bertz CT molecular complexity index is 811. The van der Waals surface area contributed by atoms with E-state index in [0.717, 1.165) is 27.8 Å². The lowest BCUT2D eigenvalue weighted by Gasteiger charge is -2.22. The van der Waals surface area contributed by atoms with Crippen molar-refractivity contribution in [2.45, 2.75) is 25.6 Å². The number of hydrogen-bond donors (Lipinski definition) is 0. The van der Waals surface area contributed by atoms with Crippen LogP contribution in [0.25, 0.3) is 11.1 Å².